The molecule has 0 aliphatic heterocycles. The zero-order chi connectivity index (χ0) is 13.0. The number of benzene rings is 1. The quantitative estimate of drug-likeness (QED) is 0.347. The van der Waals surface area contributed by atoms with Crippen molar-refractivity contribution in [2.24, 2.45) is 0 Å². The molecule has 0 nitrogen and oxygen atoms in total. The largest absolute Gasteiger partial charge is 1.00 e. The van der Waals surface area contributed by atoms with Gasteiger partial charge in [0.05, 0.1) is 0 Å². The monoisotopic (exact) mass is 397 g/mol. The van der Waals surface area contributed by atoms with Crippen molar-refractivity contribution in [3.05, 3.63) is 58.0 Å². The first-order valence-corrected chi connectivity index (χ1v) is 10.4. The maximum atomic E-state index is 2.49. The van der Waals surface area contributed by atoms with E-state index in [1.54, 1.807) is 9.44 Å². The zero-order valence-corrected chi connectivity index (χ0v) is 17.3. The van der Waals surface area contributed by atoms with Gasteiger partial charge >= 0.3 is 122 Å². The van der Waals surface area contributed by atoms with Crippen LogP contribution in [0.2, 0.25) is 0 Å². The van der Waals surface area contributed by atoms with E-state index in [1.165, 1.54) is 12.6 Å². The Kier molecular flexibility index (Phi) is 12.9. The second-order valence-corrected chi connectivity index (χ2v) is 11.0. The summed E-state index contributed by atoms with van der Waals surface area (Å²) >= 11 is -0.0790. The standard InChI is InChI=1S/C11H16P.C5H5.3ClH.Ti/c1-10(9-12(2)3)11-7-5-4-6-8-11;1-2-4-5-3-1;;;;/h4-8H,9H2,1-3H3;1-3H,4H2;3*1H;/q;;;;;+3/p-3. The molecule has 115 valence electrons. The van der Waals surface area contributed by atoms with Gasteiger partial charge in [0.25, 0.3) is 0 Å². The topological polar surface area (TPSA) is 0 Å². The van der Waals surface area contributed by atoms with Crippen LogP contribution in [0.3, 0.4) is 0 Å². The van der Waals surface area contributed by atoms with Gasteiger partial charge in [-0.15, -0.1) is 0 Å². The summed E-state index contributed by atoms with van der Waals surface area (Å²) in [6.07, 6.45) is 9.45. The molecule has 0 amide bonds. The van der Waals surface area contributed by atoms with Crippen molar-refractivity contribution in [1.29, 1.82) is 0 Å². The Bertz CT molecular complexity index is 460. The van der Waals surface area contributed by atoms with Crippen LogP contribution in [0.4, 0.5) is 0 Å². The molecule has 2 rings (SSSR count). The van der Waals surface area contributed by atoms with E-state index in [-0.39, 0.29) is 64.3 Å². The van der Waals surface area contributed by atoms with Crippen LogP contribution in [0.5, 0.6) is 0 Å². The normalized spacial score (nSPS) is 15.0. The van der Waals surface area contributed by atoms with E-state index in [4.69, 9.17) is 0 Å². The van der Waals surface area contributed by atoms with Gasteiger partial charge in [-0.05, 0) is 0 Å². The van der Waals surface area contributed by atoms with Crippen LogP contribution < -0.4 is 37.2 Å². The van der Waals surface area contributed by atoms with Crippen molar-refractivity contribution in [3.8, 4) is 0 Å². The van der Waals surface area contributed by atoms with Gasteiger partial charge < -0.3 is 37.2 Å². The molecule has 21 heavy (non-hydrogen) atoms. The molecule has 1 aliphatic rings. The predicted octanol–water partition coefficient (Wildman–Crippen LogP) is -4.42. The van der Waals surface area contributed by atoms with E-state index in [1.807, 2.05) is 0 Å². The average Bonchev–Trinajstić information content (AvgIpc) is 2.81. The molecular weight excluding hydrogens is 377 g/mol. The molecule has 0 saturated carbocycles. The Morgan fingerprint density at radius 3 is 2.19 bits per heavy atom. The second kappa shape index (κ2) is 11.3. The number of hydrogen-bond donors (Lipinski definition) is 0. The maximum Gasteiger partial charge on any atom is -1.00 e. The van der Waals surface area contributed by atoms with Gasteiger partial charge in [-0.1, -0.05) is 0 Å². The smallest absolute Gasteiger partial charge is 1.00 e. The summed E-state index contributed by atoms with van der Waals surface area (Å²) in [5.74, 6) is 0. The van der Waals surface area contributed by atoms with Gasteiger partial charge in [0, 0.05) is 0 Å². The van der Waals surface area contributed by atoms with Crippen LogP contribution in [0.25, 0.3) is 0 Å². The summed E-state index contributed by atoms with van der Waals surface area (Å²) in [5, 5.41) is 0. The van der Waals surface area contributed by atoms with Crippen LogP contribution in [0, 0.1) is 0 Å². The van der Waals surface area contributed by atoms with E-state index < -0.39 is 0 Å². The molecule has 0 spiro atoms. The molecule has 1 aromatic carbocycles. The van der Waals surface area contributed by atoms with E-state index >= 15 is 0 Å². The Balaban J connectivity index is 0. The summed E-state index contributed by atoms with van der Waals surface area (Å²) in [7, 11) is 0.151. The molecule has 0 radical (unpaired) electrons. The minimum atomic E-state index is -0.0790. The van der Waals surface area contributed by atoms with Crippen LogP contribution >= 0.6 is 7.92 Å². The number of rotatable bonds is 5. The Labute approximate surface area is 158 Å². The Morgan fingerprint density at radius 1 is 1.10 bits per heavy atom. The summed E-state index contributed by atoms with van der Waals surface area (Å²) in [6, 6.07) is 11.2. The van der Waals surface area contributed by atoms with E-state index in [2.05, 4.69) is 68.8 Å². The zero-order valence-electron chi connectivity index (χ0n) is 12.6. The first-order valence-electron chi connectivity index (χ1n) is 6.44. The van der Waals surface area contributed by atoms with Gasteiger partial charge in [0.15, 0.2) is 0 Å². The first kappa shape index (κ1) is 24.0. The third-order valence-electron chi connectivity index (χ3n) is 3.25. The predicted molar refractivity (Wildman–Crippen MR) is 79.3 cm³/mol. The third kappa shape index (κ3) is 7.21. The molecule has 1 aliphatic carbocycles. The van der Waals surface area contributed by atoms with Crippen LogP contribution in [0.1, 0.15) is 18.9 Å². The van der Waals surface area contributed by atoms with Gasteiger partial charge in [-0.3, -0.25) is 0 Å². The van der Waals surface area contributed by atoms with Crippen molar-refractivity contribution >= 4 is 7.92 Å². The maximum absolute atomic E-state index is 2.49. The molecular formula is C16H21Cl3PTi. The van der Waals surface area contributed by atoms with E-state index in [0.717, 1.165) is 0 Å². The fourth-order valence-corrected chi connectivity index (χ4v) is 8.13. The minimum Gasteiger partial charge on any atom is -1.00 e. The fourth-order valence-electron chi connectivity index (χ4n) is 2.54. The molecule has 0 bridgehead atoms. The van der Waals surface area contributed by atoms with Gasteiger partial charge in [-0.25, -0.2) is 0 Å². The van der Waals surface area contributed by atoms with Gasteiger partial charge in [0.2, 0.25) is 0 Å². The van der Waals surface area contributed by atoms with Crippen LogP contribution in [-0.4, -0.2) is 19.5 Å². The van der Waals surface area contributed by atoms with Crippen molar-refractivity contribution in [3.63, 3.8) is 0 Å². The Morgan fingerprint density at radius 2 is 1.71 bits per heavy atom. The average molecular weight is 399 g/mol. The number of halogens is 3. The van der Waals surface area contributed by atoms with Gasteiger partial charge in [0.1, 0.15) is 0 Å². The Hall–Kier alpha value is 0.714. The fraction of sp³-hybridized carbons (Fsp3) is 0.375. The molecule has 5 heteroatoms. The van der Waals surface area contributed by atoms with E-state index in [9.17, 15) is 0 Å². The minimum absolute atomic E-state index is 0. The summed E-state index contributed by atoms with van der Waals surface area (Å²) in [6.45, 7) is 7.30. The van der Waals surface area contributed by atoms with Crippen molar-refractivity contribution in [1.82, 2.24) is 0 Å². The third-order valence-corrected chi connectivity index (χ3v) is 7.65. The molecule has 0 saturated heterocycles. The molecule has 0 N–H and O–H groups in total. The van der Waals surface area contributed by atoms with Gasteiger partial charge in [-0.2, -0.15) is 0 Å². The molecule has 0 heterocycles. The number of hydrogen-bond acceptors (Lipinski definition) is 0. The van der Waals surface area contributed by atoms with Crippen LogP contribution in [-0.2, 0) is 22.9 Å². The van der Waals surface area contributed by atoms with Crippen molar-refractivity contribution in [2.45, 2.75) is 17.1 Å². The van der Waals surface area contributed by atoms with E-state index in [0.29, 0.717) is 3.72 Å². The number of allylic oxidation sites excluding steroid dienone is 4. The molecule has 1 unspecified atom stereocenters. The molecule has 0 fully saturated rings. The van der Waals surface area contributed by atoms with Crippen molar-refractivity contribution in [2.75, 3.05) is 19.5 Å². The van der Waals surface area contributed by atoms with Crippen LogP contribution in [0.15, 0.2) is 52.4 Å². The summed E-state index contributed by atoms with van der Waals surface area (Å²) in [5.41, 5.74) is 1.55. The second-order valence-electron chi connectivity index (χ2n) is 5.39. The van der Waals surface area contributed by atoms with Crippen molar-refractivity contribution < 1.29 is 56.4 Å². The summed E-state index contributed by atoms with van der Waals surface area (Å²) < 4.78 is 2.13. The molecule has 1 atom stereocenters. The SMILES string of the molecule is CP(C)C[C](C)([Ti+3][C]1=CC=CC1)c1ccccc1.[Cl-].[Cl-].[Cl-]. The summed E-state index contributed by atoms with van der Waals surface area (Å²) in [4.78, 5) is 0. The first-order chi connectivity index (χ1) is 8.60. The molecule has 0 aromatic heterocycles. The molecule has 1 aromatic rings.